The van der Waals surface area contributed by atoms with Gasteiger partial charge in [0.1, 0.15) is 5.82 Å². The zero-order valence-corrected chi connectivity index (χ0v) is 16.6. The zero-order chi connectivity index (χ0) is 20.0. The summed E-state index contributed by atoms with van der Waals surface area (Å²) < 4.78 is 41.9. The van der Waals surface area contributed by atoms with Gasteiger partial charge in [-0.3, -0.25) is 9.19 Å². The van der Waals surface area contributed by atoms with Crippen LogP contribution in [0.1, 0.15) is 33.4 Å². The fourth-order valence-corrected chi connectivity index (χ4v) is 3.19. The van der Waals surface area contributed by atoms with Gasteiger partial charge in [0.15, 0.2) is 0 Å². The second-order valence-electron chi connectivity index (χ2n) is 5.54. The van der Waals surface area contributed by atoms with E-state index in [-0.39, 0.29) is 30.1 Å². The van der Waals surface area contributed by atoms with Crippen molar-refractivity contribution in [3.63, 3.8) is 0 Å². The molecule has 6 nitrogen and oxygen atoms in total. The maximum atomic E-state index is 13.2. The lowest BCUT2D eigenvalue weighted by atomic mass is 10.1. The molecule has 0 saturated carbocycles. The Balaban J connectivity index is 1.99. The number of alkyl halides is 1. The van der Waals surface area contributed by atoms with E-state index in [4.69, 9.17) is 23.2 Å². The maximum Gasteiger partial charge on any atom is 0.339 e. The summed E-state index contributed by atoms with van der Waals surface area (Å²) in [5.74, 6) is -1.07. The number of carbonyl (C=O) groups is 1. The number of benzene rings is 1. The molecule has 0 fully saturated rings. The number of ether oxygens (including phenoxy) is 1. The minimum absolute atomic E-state index is 0.0192. The maximum absolute atomic E-state index is 13.2. The second kappa shape index (κ2) is 10.1. The van der Waals surface area contributed by atoms with Gasteiger partial charge in [-0.15, -0.1) is 11.6 Å². The number of halogens is 3. The van der Waals surface area contributed by atoms with Gasteiger partial charge in [-0.2, -0.15) is 0 Å². The Bertz CT molecular complexity index is 823. The molecule has 0 aliphatic carbocycles. The van der Waals surface area contributed by atoms with Crippen molar-refractivity contribution in [1.29, 1.82) is 0 Å². The fraction of sp³-hybridized carbons (Fsp3) is 0.294. The molecule has 0 aliphatic rings. The van der Waals surface area contributed by atoms with Crippen LogP contribution >= 0.6 is 23.2 Å². The first-order valence-corrected chi connectivity index (χ1v) is 9.63. The highest BCUT2D eigenvalue weighted by Gasteiger charge is 2.15. The van der Waals surface area contributed by atoms with Crippen LogP contribution in [0.25, 0.3) is 0 Å². The van der Waals surface area contributed by atoms with Gasteiger partial charge in [0.2, 0.25) is 0 Å². The van der Waals surface area contributed by atoms with E-state index < -0.39 is 28.4 Å². The molecule has 27 heavy (non-hydrogen) atoms. The summed E-state index contributed by atoms with van der Waals surface area (Å²) in [5.41, 5.74) is 1.33. The number of hydrogen-bond acceptors (Lipinski definition) is 5. The standard InChI is InChI=1S/C17H17Cl2FN2O4S/c1-26-17(23)12-2-4-13(21-9-12)10-22(27(24)25)7-6-14(18)11-3-5-16(20)15(19)8-11/h2-5,8-9,14H,6-7,10H2,1H3,(H,24,25)/p-1. The van der Waals surface area contributed by atoms with Crippen LogP contribution in [-0.2, 0) is 22.5 Å². The van der Waals surface area contributed by atoms with Gasteiger partial charge in [0.05, 0.1) is 35.3 Å². The van der Waals surface area contributed by atoms with E-state index in [1.165, 1.54) is 37.6 Å². The molecule has 1 aromatic heterocycles. The third-order valence-corrected chi connectivity index (χ3v) is 5.23. The Hall–Kier alpha value is -1.58. The molecule has 0 saturated heterocycles. The molecule has 10 heteroatoms. The highest BCUT2D eigenvalue weighted by molar-refractivity contribution is 7.76. The molecular formula is C17H16Cl2FN2O4S-. The van der Waals surface area contributed by atoms with Crippen molar-refractivity contribution in [2.45, 2.75) is 18.3 Å². The topological polar surface area (TPSA) is 82.6 Å². The third kappa shape index (κ3) is 6.22. The van der Waals surface area contributed by atoms with Crippen molar-refractivity contribution >= 4 is 40.4 Å². The van der Waals surface area contributed by atoms with Crippen LogP contribution in [0.2, 0.25) is 5.02 Å². The molecule has 0 bridgehead atoms. The van der Waals surface area contributed by atoms with Crippen LogP contribution in [0.4, 0.5) is 4.39 Å². The van der Waals surface area contributed by atoms with Gasteiger partial charge in [-0.1, -0.05) is 17.7 Å². The van der Waals surface area contributed by atoms with Gasteiger partial charge in [-0.25, -0.2) is 13.5 Å². The summed E-state index contributed by atoms with van der Waals surface area (Å²) >= 11 is 9.52. The molecule has 146 valence electrons. The average Bonchev–Trinajstić information content (AvgIpc) is 2.66. The van der Waals surface area contributed by atoms with Crippen molar-refractivity contribution in [2.75, 3.05) is 13.7 Å². The predicted molar refractivity (Wildman–Crippen MR) is 99.5 cm³/mol. The molecule has 0 spiro atoms. The first-order valence-electron chi connectivity index (χ1n) is 7.78. The van der Waals surface area contributed by atoms with Gasteiger partial charge in [-0.05, 0) is 36.2 Å². The number of carbonyl (C=O) groups excluding carboxylic acids is 1. The van der Waals surface area contributed by atoms with E-state index in [9.17, 15) is 17.9 Å². The summed E-state index contributed by atoms with van der Waals surface area (Å²) in [6, 6.07) is 7.18. The molecule has 1 heterocycles. The molecule has 2 rings (SSSR count). The molecule has 0 aliphatic heterocycles. The smallest absolute Gasteiger partial charge is 0.339 e. The molecule has 0 N–H and O–H groups in total. The zero-order valence-electron chi connectivity index (χ0n) is 14.2. The Kier molecular flexibility index (Phi) is 8.12. The predicted octanol–water partition coefficient (Wildman–Crippen LogP) is 3.63. The number of pyridine rings is 1. The number of esters is 1. The van der Waals surface area contributed by atoms with Crippen molar-refractivity contribution < 1.29 is 22.7 Å². The number of aromatic nitrogens is 1. The Morgan fingerprint density at radius 3 is 2.70 bits per heavy atom. The minimum Gasteiger partial charge on any atom is -0.760 e. The fourth-order valence-electron chi connectivity index (χ4n) is 2.27. The highest BCUT2D eigenvalue weighted by Crippen LogP contribution is 2.28. The van der Waals surface area contributed by atoms with Crippen LogP contribution in [0.3, 0.4) is 0 Å². The summed E-state index contributed by atoms with van der Waals surface area (Å²) in [6.07, 6.45) is 1.61. The van der Waals surface area contributed by atoms with Crippen LogP contribution in [0.15, 0.2) is 36.5 Å². The molecule has 0 amide bonds. The average molecular weight is 434 g/mol. The number of methoxy groups -OCH3 is 1. The van der Waals surface area contributed by atoms with E-state index in [1.807, 2.05) is 0 Å². The van der Waals surface area contributed by atoms with E-state index in [0.29, 0.717) is 11.3 Å². The molecule has 2 atom stereocenters. The lowest BCUT2D eigenvalue weighted by molar-refractivity contribution is 0.0600. The van der Waals surface area contributed by atoms with Gasteiger partial charge < -0.3 is 9.29 Å². The molecule has 1 aromatic carbocycles. The van der Waals surface area contributed by atoms with E-state index in [1.54, 1.807) is 6.07 Å². The lowest BCUT2D eigenvalue weighted by Crippen LogP contribution is -2.27. The Morgan fingerprint density at radius 1 is 1.41 bits per heavy atom. The van der Waals surface area contributed by atoms with Crippen LogP contribution in [0, 0.1) is 5.82 Å². The summed E-state index contributed by atoms with van der Waals surface area (Å²) in [7, 11) is 1.26. The van der Waals surface area contributed by atoms with Crippen molar-refractivity contribution in [2.24, 2.45) is 0 Å². The highest BCUT2D eigenvalue weighted by atomic mass is 35.5. The minimum atomic E-state index is -2.49. The van der Waals surface area contributed by atoms with Crippen LogP contribution in [-0.4, -0.2) is 37.7 Å². The number of hydrogen-bond donors (Lipinski definition) is 0. The molecule has 2 aromatic rings. The lowest BCUT2D eigenvalue weighted by Gasteiger charge is -2.25. The molecule has 0 radical (unpaired) electrons. The van der Waals surface area contributed by atoms with Crippen molar-refractivity contribution in [1.82, 2.24) is 9.29 Å². The first-order chi connectivity index (χ1) is 12.8. The van der Waals surface area contributed by atoms with Gasteiger partial charge in [0, 0.05) is 24.0 Å². The largest absolute Gasteiger partial charge is 0.760 e. The Morgan fingerprint density at radius 2 is 2.15 bits per heavy atom. The van der Waals surface area contributed by atoms with Crippen LogP contribution in [0.5, 0.6) is 0 Å². The molecular weight excluding hydrogens is 418 g/mol. The van der Waals surface area contributed by atoms with E-state index in [0.717, 1.165) is 4.31 Å². The van der Waals surface area contributed by atoms with Gasteiger partial charge >= 0.3 is 5.97 Å². The van der Waals surface area contributed by atoms with Crippen molar-refractivity contribution in [3.8, 4) is 0 Å². The van der Waals surface area contributed by atoms with Gasteiger partial charge in [0.25, 0.3) is 0 Å². The summed E-state index contributed by atoms with van der Waals surface area (Å²) in [4.78, 5) is 15.5. The quantitative estimate of drug-likeness (QED) is 0.360. The number of rotatable bonds is 8. The molecule has 2 unspecified atom stereocenters. The monoisotopic (exact) mass is 433 g/mol. The van der Waals surface area contributed by atoms with Crippen LogP contribution < -0.4 is 0 Å². The normalized spacial score (nSPS) is 13.4. The number of nitrogens with zero attached hydrogens (tertiary/aromatic N) is 2. The Labute approximate surface area is 168 Å². The second-order valence-corrected chi connectivity index (χ2v) is 7.42. The third-order valence-electron chi connectivity index (χ3n) is 3.73. The summed E-state index contributed by atoms with van der Waals surface area (Å²) in [6.45, 7) is 0.144. The summed E-state index contributed by atoms with van der Waals surface area (Å²) in [5, 5.41) is -0.582. The van der Waals surface area contributed by atoms with E-state index >= 15 is 0 Å². The van der Waals surface area contributed by atoms with Crippen molar-refractivity contribution in [3.05, 3.63) is 64.2 Å². The van der Waals surface area contributed by atoms with E-state index in [2.05, 4.69) is 9.72 Å². The first kappa shape index (κ1) is 21.7. The SMILES string of the molecule is COC(=O)c1ccc(CN(CCC(Cl)c2ccc(F)c(Cl)c2)S(=O)[O-])nc1.